The fourth-order valence-electron chi connectivity index (χ4n) is 3.28. The van der Waals surface area contributed by atoms with Crippen LogP contribution in [0.1, 0.15) is 24.4 Å². The van der Waals surface area contributed by atoms with Crippen molar-refractivity contribution in [1.82, 2.24) is 29.6 Å². The van der Waals surface area contributed by atoms with E-state index in [1.54, 1.807) is 12.7 Å². The van der Waals surface area contributed by atoms with Crippen LogP contribution in [0.25, 0.3) is 16.7 Å². The summed E-state index contributed by atoms with van der Waals surface area (Å²) >= 11 is 0. The summed E-state index contributed by atoms with van der Waals surface area (Å²) < 4.78 is 4.18. The molecule has 0 radical (unpaired) electrons. The van der Waals surface area contributed by atoms with Crippen LogP contribution < -0.4 is 5.32 Å². The van der Waals surface area contributed by atoms with Gasteiger partial charge in [-0.1, -0.05) is 24.3 Å². The summed E-state index contributed by atoms with van der Waals surface area (Å²) in [5.41, 5.74) is 4.55. The number of nitrogens with one attached hydrogen (secondary N) is 1. The Morgan fingerprint density at radius 2 is 1.85 bits per heavy atom. The van der Waals surface area contributed by atoms with Crippen LogP contribution >= 0.6 is 0 Å². The van der Waals surface area contributed by atoms with Crippen LogP contribution in [0.4, 0.5) is 0 Å². The van der Waals surface area contributed by atoms with Gasteiger partial charge in [0.25, 0.3) is 0 Å². The van der Waals surface area contributed by atoms with Crippen LogP contribution in [0.5, 0.6) is 0 Å². The van der Waals surface area contributed by atoms with Crippen LogP contribution in [0.3, 0.4) is 0 Å². The molecule has 6 heteroatoms. The van der Waals surface area contributed by atoms with Gasteiger partial charge in [0.15, 0.2) is 0 Å². The van der Waals surface area contributed by atoms with Gasteiger partial charge in [-0.3, -0.25) is 4.57 Å². The minimum atomic E-state index is 0.251. The molecule has 0 aliphatic heterocycles. The molecule has 0 bridgehead atoms. The molecule has 26 heavy (non-hydrogen) atoms. The zero-order valence-electron chi connectivity index (χ0n) is 15.0. The lowest BCUT2D eigenvalue weighted by atomic mass is 10.1. The average molecular weight is 346 g/mol. The number of benzene rings is 2. The molecule has 2 aromatic heterocycles. The largest absolute Gasteiger partial charge is 0.327 e. The van der Waals surface area contributed by atoms with Crippen molar-refractivity contribution in [2.75, 3.05) is 6.54 Å². The van der Waals surface area contributed by atoms with Crippen molar-refractivity contribution >= 4 is 11.0 Å². The summed E-state index contributed by atoms with van der Waals surface area (Å²) in [6.07, 6.45) is 3.42. The second-order valence-corrected chi connectivity index (χ2v) is 6.44. The Morgan fingerprint density at radius 3 is 2.69 bits per heavy atom. The van der Waals surface area contributed by atoms with E-state index in [-0.39, 0.29) is 6.04 Å². The number of nitrogens with zero attached hydrogens (tertiary/aromatic N) is 5. The Morgan fingerprint density at radius 1 is 1.04 bits per heavy atom. The van der Waals surface area contributed by atoms with Gasteiger partial charge in [-0.2, -0.15) is 0 Å². The predicted octanol–water partition coefficient (Wildman–Crippen LogP) is 3.28. The lowest BCUT2D eigenvalue weighted by molar-refractivity contribution is 0.531. The zero-order valence-corrected chi connectivity index (χ0v) is 15.0. The lowest BCUT2D eigenvalue weighted by Crippen LogP contribution is -2.23. The summed E-state index contributed by atoms with van der Waals surface area (Å²) in [4.78, 5) is 4.63. The maximum absolute atomic E-state index is 4.63. The highest BCUT2D eigenvalue weighted by Crippen LogP contribution is 2.18. The zero-order chi connectivity index (χ0) is 17.9. The number of hydrogen-bond acceptors (Lipinski definition) is 4. The maximum atomic E-state index is 4.63. The molecule has 2 heterocycles. The van der Waals surface area contributed by atoms with Gasteiger partial charge >= 0.3 is 0 Å². The first-order valence-electron chi connectivity index (χ1n) is 8.82. The first-order chi connectivity index (χ1) is 12.7. The summed E-state index contributed by atoms with van der Waals surface area (Å²) in [7, 11) is 0. The third-order valence-electron chi connectivity index (χ3n) is 4.72. The third kappa shape index (κ3) is 3.23. The van der Waals surface area contributed by atoms with Gasteiger partial charge in [0.1, 0.15) is 18.5 Å². The molecule has 2 aromatic carbocycles. The van der Waals surface area contributed by atoms with E-state index in [1.165, 1.54) is 11.1 Å². The average Bonchev–Trinajstić information content (AvgIpc) is 3.30. The van der Waals surface area contributed by atoms with Crippen molar-refractivity contribution in [1.29, 1.82) is 0 Å². The molecule has 0 unspecified atom stereocenters. The Balaban J connectivity index is 1.43. The predicted molar refractivity (Wildman–Crippen MR) is 102 cm³/mol. The fourth-order valence-corrected chi connectivity index (χ4v) is 3.28. The number of rotatable bonds is 6. The van der Waals surface area contributed by atoms with Crippen LogP contribution in [0.15, 0.2) is 61.2 Å². The molecular weight excluding hydrogens is 324 g/mol. The highest BCUT2D eigenvalue weighted by Gasteiger charge is 2.09. The van der Waals surface area contributed by atoms with E-state index in [4.69, 9.17) is 0 Å². The van der Waals surface area contributed by atoms with E-state index in [0.717, 1.165) is 30.1 Å². The molecule has 0 aliphatic rings. The van der Waals surface area contributed by atoms with E-state index in [0.29, 0.717) is 0 Å². The van der Waals surface area contributed by atoms with Crippen LogP contribution in [-0.4, -0.2) is 30.9 Å². The maximum Gasteiger partial charge on any atom is 0.123 e. The molecule has 0 amide bonds. The second kappa shape index (κ2) is 7.09. The van der Waals surface area contributed by atoms with Crippen molar-refractivity contribution in [3.05, 3.63) is 72.6 Å². The van der Waals surface area contributed by atoms with Crippen LogP contribution in [0.2, 0.25) is 0 Å². The van der Waals surface area contributed by atoms with Gasteiger partial charge in [-0.25, -0.2) is 4.98 Å². The Bertz CT molecular complexity index is 1000. The Hall–Kier alpha value is -2.99. The van der Waals surface area contributed by atoms with Gasteiger partial charge in [0.05, 0.1) is 11.0 Å². The van der Waals surface area contributed by atoms with E-state index in [1.807, 2.05) is 10.6 Å². The van der Waals surface area contributed by atoms with Gasteiger partial charge < -0.3 is 9.88 Å². The normalized spacial score (nSPS) is 12.5. The lowest BCUT2D eigenvalue weighted by Gasteiger charge is -2.16. The van der Waals surface area contributed by atoms with Crippen molar-refractivity contribution in [3.8, 4) is 5.69 Å². The number of aromatic nitrogens is 5. The Kier molecular flexibility index (Phi) is 4.50. The molecule has 132 valence electrons. The van der Waals surface area contributed by atoms with Crippen molar-refractivity contribution in [2.24, 2.45) is 0 Å². The summed E-state index contributed by atoms with van der Waals surface area (Å²) in [6, 6.07) is 17.0. The number of aryl methyl sites for hydroxylation is 1. The first-order valence-corrected chi connectivity index (χ1v) is 8.82. The third-order valence-corrected chi connectivity index (χ3v) is 4.72. The SMILES string of the molecule is Cc1nc2ccccc2n1CCN[C@H](C)c1cccc(-n2cnnc2)c1. The molecule has 1 atom stereocenters. The molecule has 0 spiro atoms. The highest BCUT2D eigenvalue weighted by atomic mass is 15.2. The van der Waals surface area contributed by atoms with Crippen molar-refractivity contribution < 1.29 is 0 Å². The van der Waals surface area contributed by atoms with E-state index < -0.39 is 0 Å². The minimum absolute atomic E-state index is 0.251. The van der Waals surface area contributed by atoms with E-state index >= 15 is 0 Å². The molecule has 6 nitrogen and oxygen atoms in total. The van der Waals surface area contributed by atoms with Gasteiger partial charge in [0.2, 0.25) is 0 Å². The molecule has 4 aromatic rings. The second-order valence-electron chi connectivity index (χ2n) is 6.44. The van der Waals surface area contributed by atoms with E-state index in [9.17, 15) is 0 Å². The molecule has 0 saturated carbocycles. The number of fused-ring (bicyclic) bond motifs is 1. The Labute approximate surface area is 152 Å². The molecule has 4 rings (SSSR count). The van der Waals surface area contributed by atoms with Gasteiger partial charge in [0, 0.05) is 24.8 Å². The molecule has 0 saturated heterocycles. The van der Waals surface area contributed by atoms with Gasteiger partial charge in [-0.15, -0.1) is 10.2 Å². The topological polar surface area (TPSA) is 60.6 Å². The van der Waals surface area contributed by atoms with Crippen molar-refractivity contribution in [3.63, 3.8) is 0 Å². The highest BCUT2D eigenvalue weighted by molar-refractivity contribution is 5.75. The molecule has 0 aliphatic carbocycles. The molecule has 0 fully saturated rings. The fraction of sp³-hybridized carbons (Fsp3) is 0.250. The van der Waals surface area contributed by atoms with E-state index in [2.05, 4.69) is 81.4 Å². The number of para-hydroxylation sites is 2. The molecular formula is C20H22N6. The number of imidazole rings is 1. The smallest absolute Gasteiger partial charge is 0.123 e. The monoisotopic (exact) mass is 346 g/mol. The first kappa shape index (κ1) is 16.5. The van der Waals surface area contributed by atoms with Crippen LogP contribution in [0, 0.1) is 6.92 Å². The minimum Gasteiger partial charge on any atom is -0.327 e. The summed E-state index contributed by atoms with van der Waals surface area (Å²) in [5.74, 6) is 1.05. The molecule has 1 N–H and O–H groups in total. The standard InChI is InChI=1S/C20H22N6/c1-15(17-6-5-7-18(12-17)25-13-22-23-14-25)21-10-11-26-16(2)24-19-8-3-4-9-20(19)26/h3-9,12-15,21H,10-11H2,1-2H3/t15-/m1/s1. The number of hydrogen-bond donors (Lipinski definition) is 1. The summed E-state index contributed by atoms with van der Waals surface area (Å²) in [5, 5.41) is 11.4. The van der Waals surface area contributed by atoms with Crippen molar-refractivity contribution in [2.45, 2.75) is 26.4 Å². The van der Waals surface area contributed by atoms with Gasteiger partial charge in [-0.05, 0) is 43.7 Å². The quantitative estimate of drug-likeness (QED) is 0.582. The van der Waals surface area contributed by atoms with Crippen LogP contribution in [-0.2, 0) is 6.54 Å². The summed E-state index contributed by atoms with van der Waals surface area (Å²) in [6.45, 7) is 6.01.